The number of benzene rings is 2. The first-order valence-electron chi connectivity index (χ1n) is 9.81. The number of aryl methyl sites for hydroxylation is 1. The first kappa shape index (κ1) is 23.8. The summed E-state index contributed by atoms with van der Waals surface area (Å²) < 4.78 is 46.8. The zero-order valence-corrected chi connectivity index (χ0v) is 19.6. The predicted molar refractivity (Wildman–Crippen MR) is 122 cm³/mol. The predicted octanol–water partition coefficient (Wildman–Crippen LogP) is 4.22. The fourth-order valence-electron chi connectivity index (χ4n) is 3.06. The highest BCUT2D eigenvalue weighted by molar-refractivity contribution is 7.89. The second kappa shape index (κ2) is 9.35. The van der Waals surface area contributed by atoms with Crippen LogP contribution in [0.25, 0.3) is 10.1 Å². The first-order chi connectivity index (χ1) is 15.0. The van der Waals surface area contributed by atoms with Crippen LogP contribution in [-0.2, 0) is 19.6 Å². The molecule has 0 saturated heterocycles. The number of anilines is 1. The molecule has 0 radical (unpaired) electrons. The van der Waals surface area contributed by atoms with Crippen LogP contribution < -0.4 is 10.0 Å². The van der Waals surface area contributed by atoms with Crippen molar-refractivity contribution < 1.29 is 27.1 Å². The van der Waals surface area contributed by atoms with Gasteiger partial charge in [-0.25, -0.2) is 22.3 Å². The van der Waals surface area contributed by atoms with Crippen LogP contribution in [0.4, 0.5) is 10.1 Å². The van der Waals surface area contributed by atoms with Crippen LogP contribution >= 0.6 is 11.3 Å². The Hall–Kier alpha value is -2.82. The smallest absolute Gasteiger partial charge is 0.349 e. The summed E-state index contributed by atoms with van der Waals surface area (Å²) in [6.45, 7) is 6.48. The van der Waals surface area contributed by atoms with Gasteiger partial charge in [0.2, 0.25) is 10.0 Å². The Labute approximate surface area is 189 Å². The van der Waals surface area contributed by atoms with Crippen molar-refractivity contribution in [1.29, 1.82) is 0 Å². The van der Waals surface area contributed by atoms with Crippen molar-refractivity contribution in [1.82, 2.24) is 4.72 Å². The molecule has 2 N–H and O–H groups in total. The Morgan fingerprint density at radius 1 is 1.06 bits per heavy atom. The average Bonchev–Trinajstić information content (AvgIpc) is 3.05. The number of thiophene rings is 1. The van der Waals surface area contributed by atoms with Gasteiger partial charge in [0.15, 0.2) is 6.10 Å². The normalized spacial score (nSPS) is 12.7. The minimum Gasteiger partial charge on any atom is -0.448 e. The SMILES string of the molecule is Cc1c(C(=O)OC(C)C(=O)Nc2ccc(S(=O)(=O)NC(C)C)cc2)sc2cccc(F)c12. The molecule has 1 unspecified atom stereocenters. The largest absolute Gasteiger partial charge is 0.448 e. The van der Waals surface area contributed by atoms with Crippen LogP contribution in [0.15, 0.2) is 47.4 Å². The molecule has 0 fully saturated rings. The molecule has 0 aliphatic rings. The van der Waals surface area contributed by atoms with Gasteiger partial charge in [-0.05, 0) is 69.7 Å². The van der Waals surface area contributed by atoms with Crippen molar-refractivity contribution in [3.63, 3.8) is 0 Å². The molecule has 1 aromatic heterocycles. The molecule has 1 atom stereocenters. The Balaban J connectivity index is 1.67. The number of ether oxygens (including phenoxy) is 1. The van der Waals surface area contributed by atoms with E-state index in [1.165, 1.54) is 37.3 Å². The zero-order valence-electron chi connectivity index (χ0n) is 17.9. The maximum absolute atomic E-state index is 14.1. The summed E-state index contributed by atoms with van der Waals surface area (Å²) in [7, 11) is -3.64. The van der Waals surface area contributed by atoms with Crippen molar-refractivity contribution >= 4 is 49.0 Å². The number of hydrogen-bond donors (Lipinski definition) is 2. The molecule has 7 nitrogen and oxygen atoms in total. The maximum Gasteiger partial charge on any atom is 0.349 e. The summed E-state index contributed by atoms with van der Waals surface area (Å²) >= 11 is 1.10. The molecule has 3 aromatic rings. The van der Waals surface area contributed by atoms with Gasteiger partial charge in [0.05, 0.1) is 4.90 Å². The van der Waals surface area contributed by atoms with E-state index in [9.17, 15) is 22.4 Å². The number of halogens is 1. The Kier molecular flexibility index (Phi) is 6.97. The van der Waals surface area contributed by atoms with Gasteiger partial charge in [0, 0.05) is 21.8 Å². The fraction of sp³-hybridized carbons (Fsp3) is 0.273. The first-order valence-corrected chi connectivity index (χ1v) is 12.1. The zero-order chi connectivity index (χ0) is 23.6. The van der Waals surface area contributed by atoms with Gasteiger partial charge < -0.3 is 10.1 Å². The second-order valence-corrected chi connectivity index (χ2v) is 10.3. The Morgan fingerprint density at radius 2 is 1.72 bits per heavy atom. The third-order valence-electron chi connectivity index (χ3n) is 4.56. The molecule has 0 spiro atoms. The van der Waals surface area contributed by atoms with Gasteiger partial charge in [0.25, 0.3) is 5.91 Å². The molecule has 170 valence electrons. The molecule has 1 amide bonds. The van der Waals surface area contributed by atoms with Crippen LogP contribution in [0, 0.1) is 12.7 Å². The molecule has 0 saturated carbocycles. The van der Waals surface area contributed by atoms with E-state index < -0.39 is 33.8 Å². The Bertz CT molecular complexity index is 1270. The van der Waals surface area contributed by atoms with E-state index >= 15 is 0 Å². The molecule has 2 aromatic carbocycles. The average molecular weight is 479 g/mol. The summed E-state index contributed by atoms with van der Waals surface area (Å²) in [5, 5.41) is 2.94. The van der Waals surface area contributed by atoms with Gasteiger partial charge >= 0.3 is 5.97 Å². The number of carbonyl (C=O) groups is 2. The van der Waals surface area contributed by atoms with Crippen molar-refractivity contribution in [2.75, 3.05) is 5.32 Å². The third-order valence-corrected chi connectivity index (χ3v) is 7.48. The number of esters is 1. The molecular weight excluding hydrogens is 455 g/mol. The van der Waals surface area contributed by atoms with Crippen LogP contribution in [0.1, 0.15) is 36.0 Å². The van der Waals surface area contributed by atoms with E-state index in [1.807, 2.05) is 0 Å². The number of sulfonamides is 1. The maximum atomic E-state index is 14.1. The lowest BCUT2D eigenvalue weighted by Gasteiger charge is -2.14. The van der Waals surface area contributed by atoms with E-state index in [-0.39, 0.29) is 15.8 Å². The standard InChI is InChI=1S/C22H23FN2O5S2/c1-12(2)25-32(28,29)16-10-8-15(9-11-16)24-21(26)14(4)30-22(27)20-13(3)19-17(23)6-5-7-18(19)31-20/h5-12,14,25H,1-4H3,(H,24,26). The summed E-state index contributed by atoms with van der Waals surface area (Å²) in [6.07, 6.45) is -1.12. The molecule has 0 aliphatic heterocycles. The van der Waals surface area contributed by atoms with Gasteiger partial charge in [-0.1, -0.05) is 6.07 Å². The molecule has 0 aliphatic carbocycles. The number of amides is 1. The highest BCUT2D eigenvalue weighted by Gasteiger charge is 2.24. The highest BCUT2D eigenvalue weighted by atomic mass is 32.2. The highest BCUT2D eigenvalue weighted by Crippen LogP contribution is 2.33. The van der Waals surface area contributed by atoms with Crippen LogP contribution in [0.5, 0.6) is 0 Å². The van der Waals surface area contributed by atoms with Crippen LogP contribution in [0.2, 0.25) is 0 Å². The minimum absolute atomic E-state index is 0.0659. The number of nitrogens with one attached hydrogen (secondary N) is 2. The van der Waals surface area contributed by atoms with E-state index in [0.29, 0.717) is 21.3 Å². The number of fused-ring (bicyclic) bond motifs is 1. The lowest BCUT2D eigenvalue weighted by molar-refractivity contribution is -0.123. The van der Waals surface area contributed by atoms with Crippen LogP contribution in [-0.4, -0.2) is 32.4 Å². The summed E-state index contributed by atoms with van der Waals surface area (Å²) in [6, 6.07) is 9.97. The van der Waals surface area contributed by atoms with Crippen molar-refractivity contribution in [3.8, 4) is 0 Å². The van der Waals surface area contributed by atoms with Gasteiger partial charge in [-0.15, -0.1) is 11.3 Å². The summed E-state index contributed by atoms with van der Waals surface area (Å²) in [4.78, 5) is 25.3. The van der Waals surface area contributed by atoms with E-state index in [2.05, 4.69) is 10.0 Å². The van der Waals surface area contributed by atoms with Crippen molar-refractivity contribution in [3.05, 3.63) is 58.7 Å². The fourth-order valence-corrected chi connectivity index (χ4v) is 5.41. The van der Waals surface area contributed by atoms with Crippen LogP contribution in [0.3, 0.4) is 0 Å². The molecule has 1 heterocycles. The summed E-state index contributed by atoms with van der Waals surface area (Å²) in [5.74, 6) is -1.72. The second-order valence-electron chi connectivity index (χ2n) is 7.51. The molecule has 32 heavy (non-hydrogen) atoms. The van der Waals surface area contributed by atoms with Crippen molar-refractivity contribution in [2.24, 2.45) is 0 Å². The number of carbonyl (C=O) groups excluding carboxylic acids is 2. The number of rotatable bonds is 7. The van der Waals surface area contributed by atoms with Gasteiger partial charge in [0.1, 0.15) is 10.7 Å². The van der Waals surface area contributed by atoms with Crippen molar-refractivity contribution in [2.45, 2.75) is 44.7 Å². The summed E-state index contributed by atoms with van der Waals surface area (Å²) in [5.41, 5.74) is 0.814. The van der Waals surface area contributed by atoms with E-state index in [4.69, 9.17) is 4.74 Å². The van der Waals surface area contributed by atoms with E-state index in [1.54, 1.807) is 32.9 Å². The molecule has 3 rings (SSSR count). The minimum atomic E-state index is -3.64. The quantitative estimate of drug-likeness (QED) is 0.495. The topological polar surface area (TPSA) is 102 Å². The lowest BCUT2D eigenvalue weighted by atomic mass is 10.1. The lowest BCUT2D eigenvalue weighted by Crippen LogP contribution is -2.30. The third kappa shape index (κ3) is 5.14. The molecule has 0 bridgehead atoms. The Morgan fingerprint density at radius 3 is 2.31 bits per heavy atom. The molecule has 10 heteroatoms. The van der Waals surface area contributed by atoms with Gasteiger partial charge in [-0.2, -0.15) is 0 Å². The number of hydrogen-bond acceptors (Lipinski definition) is 6. The monoisotopic (exact) mass is 478 g/mol. The molecular formula is C22H23FN2O5S2. The van der Waals surface area contributed by atoms with Gasteiger partial charge in [-0.3, -0.25) is 4.79 Å². The van der Waals surface area contributed by atoms with E-state index in [0.717, 1.165) is 11.3 Å².